The van der Waals surface area contributed by atoms with Crippen molar-refractivity contribution in [3.05, 3.63) is 65.2 Å². The Morgan fingerprint density at radius 2 is 1.88 bits per heavy atom. The van der Waals surface area contributed by atoms with Gasteiger partial charge in [0.2, 0.25) is 5.91 Å². The molecule has 0 aliphatic rings. The number of carbonyl (C=O) groups is 2. The molecule has 0 saturated heterocycles. The summed E-state index contributed by atoms with van der Waals surface area (Å²) in [5, 5.41) is 6.15. The van der Waals surface area contributed by atoms with Gasteiger partial charge in [-0.25, -0.2) is 0 Å². The Morgan fingerprint density at radius 3 is 2.54 bits per heavy atom. The number of amides is 2. The van der Waals surface area contributed by atoms with Crippen LogP contribution >= 0.6 is 23.4 Å². The fraction of sp³-hybridized carbons (Fsp3) is 0.222. The summed E-state index contributed by atoms with van der Waals surface area (Å²) in [5.74, 6) is 0.251. The minimum absolute atomic E-state index is 0.254. The summed E-state index contributed by atoms with van der Waals surface area (Å²) in [5.41, 5.74) is 1.14. The zero-order chi connectivity index (χ0) is 17.4. The molecule has 0 saturated carbocycles. The number of anilines is 1. The molecule has 0 aromatic heterocycles. The molecule has 4 nitrogen and oxygen atoms in total. The highest BCUT2D eigenvalue weighted by molar-refractivity contribution is 7.98. The summed E-state index contributed by atoms with van der Waals surface area (Å²) in [6.45, 7) is 0. The van der Waals surface area contributed by atoms with Crippen molar-refractivity contribution in [3.8, 4) is 0 Å². The molecule has 2 N–H and O–H groups in total. The highest BCUT2D eigenvalue weighted by Crippen LogP contribution is 2.15. The molecule has 2 aromatic carbocycles. The maximum atomic E-state index is 12.5. The molecule has 1 unspecified atom stereocenters. The van der Waals surface area contributed by atoms with E-state index < -0.39 is 6.04 Å². The third-order valence-corrected chi connectivity index (χ3v) is 4.24. The zero-order valence-electron chi connectivity index (χ0n) is 13.3. The van der Waals surface area contributed by atoms with Gasteiger partial charge < -0.3 is 10.6 Å². The summed E-state index contributed by atoms with van der Waals surface area (Å²) in [6.07, 6.45) is 2.51. The van der Waals surface area contributed by atoms with E-state index in [0.29, 0.717) is 22.7 Å². The van der Waals surface area contributed by atoms with Crippen molar-refractivity contribution in [2.45, 2.75) is 12.5 Å². The van der Waals surface area contributed by atoms with Gasteiger partial charge in [0.15, 0.2) is 0 Å². The molecule has 126 valence electrons. The van der Waals surface area contributed by atoms with E-state index >= 15 is 0 Å². The van der Waals surface area contributed by atoms with Gasteiger partial charge in [0, 0.05) is 16.3 Å². The summed E-state index contributed by atoms with van der Waals surface area (Å²) in [6, 6.07) is 15.2. The van der Waals surface area contributed by atoms with Gasteiger partial charge in [0.05, 0.1) is 0 Å². The van der Waals surface area contributed by atoms with Crippen LogP contribution in [0.5, 0.6) is 0 Å². The number of thioether (sulfide) groups is 1. The van der Waals surface area contributed by atoms with Crippen molar-refractivity contribution in [2.24, 2.45) is 0 Å². The number of halogens is 1. The summed E-state index contributed by atoms with van der Waals surface area (Å²) >= 11 is 7.56. The minimum Gasteiger partial charge on any atom is -0.340 e. The third kappa shape index (κ3) is 5.58. The average molecular weight is 363 g/mol. The highest BCUT2D eigenvalue weighted by atomic mass is 35.5. The van der Waals surface area contributed by atoms with E-state index in [1.165, 1.54) is 0 Å². The van der Waals surface area contributed by atoms with E-state index in [1.54, 1.807) is 60.3 Å². The van der Waals surface area contributed by atoms with Gasteiger partial charge in [0.1, 0.15) is 6.04 Å². The SMILES string of the molecule is CSCCC(NC(=O)c1ccccc1)C(=O)Nc1cccc(Cl)c1. The van der Waals surface area contributed by atoms with Gasteiger partial charge in [-0.15, -0.1) is 0 Å². The molecule has 2 aromatic rings. The van der Waals surface area contributed by atoms with Gasteiger partial charge >= 0.3 is 0 Å². The lowest BCUT2D eigenvalue weighted by atomic mass is 10.1. The van der Waals surface area contributed by atoms with E-state index in [1.807, 2.05) is 12.3 Å². The first kappa shape index (κ1) is 18.4. The quantitative estimate of drug-likeness (QED) is 0.787. The first-order chi connectivity index (χ1) is 11.6. The predicted octanol–water partition coefficient (Wildman–Crippen LogP) is 3.83. The van der Waals surface area contributed by atoms with Crippen LogP contribution in [0.4, 0.5) is 5.69 Å². The fourth-order valence-corrected chi connectivity index (χ4v) is 2.79. The summed E-state index contributed by atoms with van der Waals surface area (Å²) < 4.78 is 0. The molecular formula is C18H19ClN2O2S. The van der Waals surface area contributed by atoms with Gasteiger partial charge in [-0.05, 0) is 48.8 Å². The van der Waals surface area contributed by atoms with Crippen LogP contribution in [0.2, 0.25) is 5.02 Å². The van der Waals surface area contributed by atoms with Crippen molar-refractivity contribution in [1.82, 2.24) is 5.32 Å². The van der Waals surface area contributed by atoms with Gasteiger partial charge in [-0.2, -0.15) is 11.8 Å². The number of benzene rings is 2. The van der Waals surface area contributed by atoms with Crippen LogP contribution in [0, 0.1) is 0 Å². The molecule has 0 bridgehead atoms. The van der Waals surface area contributed by atoms with Crippen LogP contribution in [-0.2, 0) is 4.79 Å². The van der Waals surface area contributed by atoms with Gasteiger partial charge in [0.25, 0.3) is 5.91 Å². The van der Waals surface area contributed by atoms with E-state index in [4.69, 9.17) is 11.6 Å². The Hall–Kier alpha value is -1.98. The van der Waals surface area contributed by atoms with Crippen molar-refractivity contribution < 1.29 is 9.59 Å². The van der Waals surface area contributed by atoms with Crippen molar-refractivity contribution in [1.29, 1.82) is 0 Å². The fourth-order valence-electron chi connectivity index (χ4n) is 2.13. The lowest BCUT2D eigenvalue weighted by Gasteiger charge is -2.18. The largest absolute Gasteiger partial charge is 0.340 e. The normalized spacial score (nSPS) is 11.6. The second-order valence-corrected chi connectivity index (χ2v) is 6.60. The summed E-state index contributed by atoms with van der Waals surface area (Å²) in [4.78, 5) is 24.8. The molecule has 2 amide bonds. The Kier molecular flexibility index (Phi) is 7.15. The molecule has 6 heteroatoms. The van der Waals surface area contributed by atoms with E-state index in [9.17, 15) is 9.59 Å². The molecule has 0 aliphatic carbocycles. The standard InChI is InChI=1S/C18H19ClN2O2S/c1-24-11-10-16(21-17(22)13-6-3-2-4-7-13)18(23)20-15-9-5-8-14(19)12-15/h2-9,12,16H,10-11H2,1H3,(H,20,23)(H,21,22). The predicted molar refractivity (Wildman–Crippen MR) is 101 cm³/mol. The van der Waals surface area contributed by atoms with E-state index in [0.717, 1.165) is 5.75 Å². The second-order valence-electron chi connectivity index (χ2n) is 5.17. The van der Waals surface area contributed by atoms with E-state index in [-0.39, 0.29) is 11.8 Å². The van der Waals surface area contributed by atoms with Crippen LogP contribution in [0.3, 0.4) is 0 Å². The molecule has 0 spiro atoms. The van der Waals surface area contributed by atoms with Crippen molar-refractivity contribution in [2.75, 3.05) is 17.3 Å². The molecule has 2 rings (SSSR count). The zero-order valence-corrected chi connectivity index (χ0v) is 14.9. The van der Waals surface area contributed by atoms with Crippen LogP contribution < -0.4 is 10.6 Å². The minimum atomic E-state index is -0.607. The Labute approximate surface area is 151 Å². The number of nitrogens with one attached hydrogen (secondary N) is 2. The molecule has 1 atom stereocenters. The lowest BCUT2D eigenvalue weighted by Crippen LogP contribution is -2.44. The highest BCUT2D eigenvalue weighted by Gasteiger charge is 2.21. The maximum Gasteiger partial charge on any atom is 0.251 e. The smallest absolute Gasteiger partial charge is 0.251 e. The lowest BCUT2D eigenvalue weighted by molar-refractivity contribution is -0.118. The monoisotopic (exact) mass is 362 g/mol. The molecule has 0 radical (unpaired) electrons. The first-order valence-corrected chi connectivity index (χ1v) is 9.28. The average Bonchev–Trinajstić information content (AvgIpc) is 2.59. The second kappa shape index (κ2) is 9.35. The van der Waals surface area contributed by atoms with Crippen molar-refractivity contribution in [3.63, 3.8) is 0 Å². The van der Waals surface area contributed by atoms with Crippen LogP contribution in [0.15, 0.2) is 54.6 Å². The third-order valence-electron chi connectivity index (χ3n) is 3.36. The Bertz CT molecular complexity index is 694. The Balaban J connectivity index is 2.06. The van der Waals surface area contributed by atoms with Gasteiger partial charge in [-0.1, -0.05) is 35.9 Å². The summed E-state index contributed by atoms with van der Waals surface area (Å²) in [7, 11) is 0. The topological polar surface area (TPSA) is 58.2 Å². The van der Waals surface area contributed by atoms with Gasteiger partial charge in [-0.3, -0.25) is 9.59 Å². The number of carbonyl (C=O) groups excluding carboxylic acids is 2. The molecular weight excluding hydrogens is 344 g/mol. The number of hydrogen-bond acceptors (Lipinski definition) is 3. The van der Waals surface area contributed by atoms with Crippen LogP contribution in [0.1, 0.15) is 16.8 Å². The molecule has 0 aliphatic heterocycles. The molecule has 0 fully saturated rings. The molecule has 24 heavy (non-hydrogen) atoms. The first-order valence-electron chi connectivity index (χ1n) is 7.51. The number of rotatable bonds is 7. The Morgan fingerprint density at radius 1 is 1.12 bits per heavy atom. The van der Waals surface area contributed by atoms with Crippen LogP contribution in [0.25, 0.3) is 0 Å². The van der Waals surface area contributed by atoms with Crippen LogP contribution in [-0.4, -0.2) is 29.9 Å². The number of hydrogen-bond donors (Lipinski definition) is 2. The maximum absolute atomic E-state index is 12.5. The molecule has 0 heterocycles. The van der Waals surface area contributed by atoms with E-state index in [2.05, 4.69) is 10.6 Å². The van der Waals surface area contributed by atoms with Crippen molar-refractivity contribution >= 4 is 40.9 Å².